The van der Waals surface area contributed by atoms with Crippen LogP contribution in [-0.4, -0.2) is 132 Å². The Morgan fingerprint density at radius 1 is 0.901 bits per heavy atom. The van der Waals surface area contributed by atoms with Gasteiger partial charge in [0.15, 0.2) is 5.82 Å². The van der Waals surface area contributed by atoms with Crippen LogP contribution in [0.4, 0.5) is 11.5 Å². The predicted octanol–water partition coefficient (Wildman–Crippen LogP) is 6.78. The highest BCUT2D eigenvalue weighted by atomic mass is 35.5. The van der Waals surface area contributed by atoms with Gasteiger partial charge in [-0.3, -0.25) is 14.5 Å². The number of hydrogen-bond donors (Lipinski definition) is 3. The molecule has 3 saturated heterocycles. The maximum Gasteiger partial charge on any atom is 0.319 e. The number of likely N-dealkylation sites (tertiary alicyclic amines) is 2. The maximum absolute atomic E-state index is 13.9. The minimum Gasteiger partial charge on any atom is -0.508 e. The van der Waals surface area contributed by atoms with Crippen LogP contribution in [0, 0.1) is 30.1 Å². The number of fused-ring (bicyclic) bond motifs is 2. The van der Waals surface area contributed by atoms with E-state index in [4.69, 9.17) is 26.3 Å². The Hall–Kier alpha value is -7.42. The lowest BCUT2D eigenvalue weighted by Crippen LogP contribution is -2.55. The highest BCUT2D eigenvalue weighted by molar-refractivity contribution is 6.36. The van der Waals surface area contributed by atoms with Crippen molar-refractivity contribution < 1.29 is 29.6 Å². The molecule has 6 heterocycles. The van der Waals surface area contributed by atoms with E-state index in [1.54, 1.807) is 17.9 Å². The molecule has 4 aliphatic heterocycles. The van der Waals surface area contributed by atoms with Gasteiger partial charge in [-0.05, 0) is 98.6 Å². The summed E-state index contributed by atoms with van der Waals surface area (Å²) in [7, 11) is 0. The largest absolute Gasteiger partial charge is 0.508 e. The number of piperazine rings is 1. The Balaban J connectivity index is 0.773. The first-order valence-electron chi connectivity index (χ1n) is 24.2. The monoisotopic (exact) mass is 977 g/mol. The van der Waals surface area contributed by atoms with E-state index in [1.807, 2.05) is 47.4 Å². The third-order valence-corrected chi connectivity index (χ3v) is 14.9. The van der Waals surface area contributed by atoms with E-state index in [0.717, 1.165) is 78.0 Å². The number of carbonyl (C=O) groups excluding carboxylic acids is 2. The number of amides is 2. The van der Waals surface area contributed by atoms with Gasteiger partial charge in [-0.2, -0.15) is 15.2 Å². The first-order chi connectivity index (χ1) is 34.5. The van der Waals surface area contributed by atoms with Gasteiger partial charge in [0, 0.05) is 80.4 Å². The van der Waals surface area contributed by atoms with E-state index < -0.39 is 0 Å². The van der Waals surface area contributed by atoms with Crippen molar-refractivity contribution in [3.05, 3.63) is 113 Å². The second-order valence-corrected chi connectivity index (χ2v) is 19.4. The molecule has 0 unspecified atom stereocenters. The van der Waals surface area contributed by atoms with E-state index in [9.17, 15) is 30.2 Å². The molecule has 6 aromatic rings. The van der Waals surface area contributed by atoms with E-state index in [0.29, 0.717) is 80.7 Å². The van der Waals surface area contributed by atoms with E-state index in [-0.39, 0.29) is 65.5 Å². The number of phenolic OH excluding ortho intramolecular Hbond substituents is 2. The average Bonchev–Trinajstić information content (AvgIpc) is 4.03. The number of aromatic hydroxyl groups is 3. The van der Waals surface area contributed by atoms with Crippen LogP contribution in [0.25, 0.3) is 27.8 Å². The minimum absolute atomic E-state index is 0.0443. The third kappa shape index (κ3) is 9.61. The van der Waals surface area contributed by atoms with Gasteiger partial charge >= 0.3 is 12.0 Å². The molecule has 4 aliphatic rings. The number of nitrogens with zero attached hydrogens (tertiary/aromatic N) is 11. The molecule has 2 aromatic heterocycles. The molecule has 0 radical (unpaired) electrons. The summed E-state index contributed by atoms with van der Waals surface area (Å²) in [5.41, 5.74) is 5.50. The number of aromatic nitrogens is 5. The highest BCUT2D eigenvalue weighted by Crippen LogP contribution is 2.39. The summed E-state index contributed by atoms with van der Waals surface area (Å²) in [5.74, 6) is 0.850. The topological polar surface area (TPSA) is 201 Å². The number of rotatable bonds is 12. The van der Waals surface area contributed by atoms with Crippen LogP contribution in [0.5, 0.6) is 23.5 Å². The smallest absolute Gasteiger partial charge is 0.319 e. The molecule has 18 heteroatoms. The molecule has 0 aliphatic carbocycles. The molecule has 2 atom stereocenters. The fraction of sp³-hybridized carbons (Fsp3) is 0.377. The highest BCUT2D eigenvalue weighted by Gasteiger charge is 2.36. The Bertz CT molecular complexity index is 3040. The minimum atomic E-state index is -0.325. The molecule has 366 valence electrons. The fourth-order valence-corrected chi connectivity index (χ4v) is 11.0. The first-order valence-corrected chi connectivity index (χ1v) is 24.6. The number of benzene rings is 4. The van der Waals surface area contributed by atoms with Crippen molar-refractivity contribution in [2.24, 2.45) is 11.8 Å². The predicted molar refractivity (Wildman–Crippen MR) is 269 cm³/mol. The van der Waals surface area contributed by atoms with Crippen LogP contribution < -0.4 is 14.5 Å². The number of carbonyl (C=O) groups is 2. The molecule has 71 heavy (non-hydrogen) atoms. The number of ether oxygens (including phenoxy) is 1. The zero-order chi connectivity index (χ0) is 49.3. The van der Waals surface area contributed by atoms with Crippen molar-refractivity contribution in [2.45, 2.75) is 58.2 Å². The molecule has 10 rings (SSSR count). The molecule has 4 aromatic carbocycles. The number of halogens is 1. The quantitative estimate of drug-likeness (QED) is 0.108. The molecule has 0 spiro atoms. The number of piperidine rings is 1. The van der Waals surface area contributed by atoms with E-state index in [1.165, 1.54) is 16.7 Å². The van der Waals surface area contributed by atoms with Crippen LogP contribution >= 0.6 is 11.6 Å². The zero-order valence-corrected chi connectivity index (χ0v) is 40.4. The summed E-state index contributed by atoms with van der Waals surface area (Å²) in [4.78, 5) is 47.4. The van der Waals surface area contributed by atoms with Crippen LogP contribution in [0.2, 0.25) is 5.02 Å². The van der Waals surface area contributed by atoms with E-state index in [2.05, 4.69) is 55.7 Å². The SMILES string of the molecule is C=CC(=O)N1CCN(c2nc(OC[C@@H]3CCN(C(=O)C4CCN(Cc5ccc(-n6c(O)nnc6-c6cc(C)c(O)cc6O)cc5)CC4)C3)nc3c2CCN(c2cccc4cccc(Cl)c24)C3)C[C@@H]1CC#N. The van der Waals surface area contributed by atoms with Gasteiger partial charge in [-0.25, -0.2) is 4.57 Å². The van der Waals surface area contributed by atoms with Crippen molar-refractivity contribution in [2.75, 3.05) is 68.8 Å². The van der Waals surface area contributed by atoms with Crippen molar-refractivity contribution in [3.8, 4) is 46.7 Å². The van der Waals surface area contributed by atoms with Crippen molar-refractivity contribution in [1.82, 2.24) is 39.4 Å². The third-order valence-electron chi connectivity index (χ3n) is 14.5. The Labute approximate surface area is 416 Å². The number of nitriles is 1. The maximum atomic E-state index is 13.9. The summed E-state index contributed by atoms with van der Waals surface area (Å²) < 4.78 is 7.93. The van der Waals surface area contributed by atoms with Crippen molar-refractivity contribution >= 4 is 45.7 Å². The Morgan fingerprint density at radius 2 is 1.69 bits per heavy atom. The lowest BCUT2D eigenvalue weighted by Gasteiger charge is -2.42. The van der Waals surface area contributed by atoms with Gasteiger partial charge in [0.05, 0.1) is 53.7 Å². The number of aryl methyl sites for hydroxylation is 1. The molecule has 3 N–H and O–H groups in total. The molecule has 17 nitrogen and oxygen atoms in total. The second-order valence-electron chi connectivity index (χ2n) is 19.0. The average molecular weight is 979 g/mol. The summed E-state index contributed by atoms with van der Waals surface area (Å²) >= 11 is 6.79. The molecule has 2 amide bonds. The van der Waals surface area contributed by atoms with Gasteiger partial charge < -0.3 is 39.7 Å². The Morgan fingerprint density at radius 3 is 2.46 bits per heavy atom. The summed E-state index contributed by atoms with van der Waals surface area (Å²) in [6, 6.07) is 24.6. The number of anilines is 2. The van der Waals surface area contributed by atoms with Gasteiger partial charge in [0.2, 0.25) is 11.8 Å². The molecular weight excluding hydrogens is 922 g/mol. The summed E-state index contributed by atoms with van der Waals surface area (Å²) in [6.45, 7) is 12.0. The summed E-state index contributed by atoms with van der Waals surface area (Å²) in [5, 5.41) is 51.6. The van der Waals surface area contributed by atoms with Gasteiger partial charge in [0.1, 0.15) is 17.3 Å². The van der Waals surface area contributed by atoms with Gasteiger partial charge in [-0.15, -0.1) is 5.10 Å². The summed E-state index contributed by atoms with van der Waals surface area (Å²) in [6.07, 6.45) is 4.52. The normalized spacial score (nSPS) is 18.7. The van der Waals surface area contributed by atoms with Crippen molar-refractivity contribution in [3.63, 3.8) is 0 Å². The van der Waals surface area contributed by atoms with Gasteiger partial charge in [-0.1, -0.05) is 59.7 Å². The first kappa shape index (κ1) is 47.3. The van der Waals surface area contributed by atoms with Crippen LogP contribution in [0.1, 0.15) is 48.1 Å². The van der Waals surface area contributed by atoms with Crippen molar-refractivity contribution in [1.29, 1.82) is 5.26 Å². The fourth-order valence-electron chi connectivity index (χ4n) is 10.7. The van der Waals surface area contributed by atoms with E-state index >= 15 is 0 Å². The zero-order valence-electron chi connectivity index (χ0n) is 39.6. The van der Waals surface area contributed by atoms with Gasteiger partial charge in [0.25, 0.3) is 0 Å². The lowest BCUT2D eigenvalue weighted by molar-refractivity contribution is -0.136. The van der Waals surface area contributed by atoms with Crippen LogP contribution in [-0.2, 0) is 29.1 Å². The number of hydrogen-bond acceptors (Lipinski definition) is 14. The molecule has 3 fully saturated rings. The Kier molecular flexibility index (Phi) is 13.4. The standard InChI is InChI=1S/C53H56ClN11O6/c1-3-47(68)64-25-24-62(30-39(64)14-19-55)49-40-18-23-61(44-9-5-7-36-6-4-8-42(54)48(36)44)31-43(40)56-52(57-49)71-32-35-15-22-63(29-35)51(69)37-16-20-60(21-17-37)28-34-10-12-38(13-11-34)65-50(58-59-53(65)70)41-26-33(2)45(66)27-46(41)67/h3-13,26-27,35,37,39,66-67H,1,14-18,20-25,28-32H2,2H3,(H,59,70)/t35-,39+/m1/s1. The second kappa shape index (κ2) is 20.1. The molecular formula is C53H56ClN11O6. The van der Waals surface area contributed by atoms with Crippen LogP contribution in [0.15, 0.2) is 85.5 Å². The lowest BCUT2D eigenvalue weighted by atomic mass is 9.95. The molecule has 0 bridgehead atoms. The number of phenols is 2. The molecule has 0 saturated carbocycles. The van der Waals surface area contributed by atoms with Crippen LogP contribution in [0.3, 0.4) is 0 Å².